The summed E-state index contributed by atoms with van der Waals surface area (Å²) in [5.74, 6) is 1.10. The molecule has 152 valence electrons. The van der Waals surface area contributed by atoms with Crippen molar-refractivity contribution in [3.63, 3.8) is 0 Å². The Labute approximate surface area is 168 Å². The van der Waals surface area contributed by atoms with Crippen LogP contribution in [0.25, 0.3) is 17.1 Å². The minimum atomic E-state index is -4.31. The fourth-order valence-electron chi connectivity index (χ4n) is 4.63. The van der Waals surface area contributed by atoms with Gasteiger partial charge in [0.1, 0.15) is 7.05 Å². The lowest BCUT2D eigenvalue weighted by molar-refractivity contribution is -0.736. The largest absolute Gasteiger partial charge is 0.390 e. The molecule has 3 aromatic rings. The Balaban J connectivity index is 2.10. The zero-order valence-electron chi connectivity index (χ0n) is 17.3. The summed E-state index contributed by atoms with van der Waals surface area (Å²) in [6.07, 6.45) is -5.25. The molecule has 29 heavy (non-hydrogen) atoms. The fraction of sp³-hybridized carbons (Fsp3) is 0.391. The van der Waals surface area contributed by atoms with E-state index in [1.54, 1.807) is 6.92 Å². The normalized spacial score (nSPS) is 20.3. The zero-order chi connectivity index (χ0) is 21.2. The summed E-state index contributed by atoms with van der Waals surface area (Å²) in [5.41, 5.74) is 1.73. The van der Waals surface area contributed by atoms with Crippen molar-refractivity contribution in [2.45, 2.75) is 51.1 Å². The van der Waals surface area contributed by atoms with Crippen LogP contribution in [0.15, 0.2) is 48.5 Å². The maximum atomic E-state index is 13.8. The molecule has 1 atom stereocenters. The van der Waals surface area contributed by atoms with Gasteiger partial charge in [-0.25, -0.2) is 0 Å². The summed E-state index contributed by atoms with van der Waals surface area (Å²) in [6.45, 7) is 7.49. The maximum Gasteiger partial charge on any atom is 0.390 e. The molecule has 0 amide bonds. The lowest BCUT2D eigenvalue weighted by Gasteiger charge is -2.46. The molecule has 2 heterocycles. The number of aryl methyl sites for hydroxylation is 1. The van der Waals surface area contributed by atoms with Crippen molar-refractivity contribution in [2.75, 3.05) is 0 Å². The second-order valence-electron chi connectivity index (χ2n) is 8.68. The van der Waals surface area contributed by atoms with Gasteiger partial charge in [0.05, 0.1) is 23.1 Å². The Morgan fingerprint density at radius 3 is 2.28 bits per heavy atom. The Morgan fingerprint density at radius 2 is 1.66 bits per heavy atom. The highest BCUT2D eigenvalue weighted by atomic mass is 19.4. The molecule has 0 spiro atoms. The van der Waals surface area contributed by atoms with Gasteiger partial charge in [0.2, 0.25) is 0 Å². The number of hydrogen-bond acceptors (Lipinski definition) is 1. The summed E-state index contributed by atoms with van der Waals surface area (Å²) >= 11 is 0. The van der Waals surface area contributed by atoms with Crippen LogP contribution in [0.5, 0.6) is 0 Å². The molecule has 0 saturated heterocycles. The lowest BCUT2D eigenvalue weighted by atomic mass is 9.58. The molecule has 0 saturated carbocycles. The number of alkyl halides is 3. The van der Waals surface area contributed by atoms with Crippen molar-refractivity contribution < 1.29 is 17.9 Å². The Hall–Kier alpha value is -2.63. The van der Waals surface area contributed by atoms with Gasteiger partial charge >= 0.3 is 12.0 Å². The minimum absolute atomic E-state index is 0.447. The molecule has 0 N–H and O–H groups in total. The van der Waals surface area contributed by atoms with E-state index in [1.807, 2.05) is 85.7 Å². The van der Waals surface area contributed by atoms with Crippen molar-refractivity contribution >= 4 is 0 Å². The number of aromatic nitrogens is 3. The highest BCUT2D eigenvalue weighted by Gasteiger charge is 2.59. The SMILES string of the molecule is Cc1cccc2c1-n1c(nc(-c3ccccc3)[n+]1C)C(C)(CC(F)(F)F)C2(C)C. The highest BCUT2D eigenvalue weighted by molar-refractivity contribution is 5.58. The van der Waals surface area contributed by atoms with Crippen LogP contribution in [0.3, 0.4) is 0 Å². The van der Waals surface area contributed by atoms with E-state index in [0.29, 0.717) is 11.6 Å². The van der Waals surface area contributed by atoms with Crippen LogP contribution in [-0.2, 0) is 17.9 Å². The van der Waals surface area contributed by atoms with Gasteiger partial charge in [-0.3, -0.25) is 0 Å². The van der Waals surface area contributed by atoms with Crippen molar-refractivity contribution in [1.29, 1.82) is 0 Å². The van der Waals surface area contributed by atoms with Crippen LogP contribution in [0, 0.1) is 6.92 Å². The van der Waals surface area contributed by atoms with E-state index in [9.17, 15) is 13.2 Å². The van der Waals surface area contributed by atoms with E-state index < -0.39 is 23.4 Å². The maximum absolute atomic E-state index is 13.8. The molecule has 0 aliphatic carbocycles. The van der Waals surface area contributed by atoms with E-state index in [1.165, 1.54) is 0 Å². The average molecular weight is 400 g/mol. The molecule has 3 nitrogen and oxygen atoms in total. The molecule has 2 aromatic carbocycles. The number of hydrogen-bond donors (Lipinski definition) is 0. The van der Waals surface area contributed by atoms with Crippen molar-refractivity contribution in [3.8, 4) is 17.1 Å². The van der Waals surface area contributed by atoms with Crippen LogP contribution in [-0.4, -0.2) is 15.8 Å². The molecule has 1 aromatic heterocycles. The fourth-order valence-corrected chi connectivity index (χ4v) is 4.63. The second-order valence-corrected chi connectivity index (χ2v) is 8.68. The molecule has 1 unspecified atom stereocenters. The van der Waals surface area contributed by atoms with Gasteiger partial charge in [0.15, 0.2) is 0 Å². The third-order valence-electron chi connectivity index (χ3n) is 6.60. The number of rotatable bonds is 2. The first-order valence-electron chi connectivity index (χ1n) is 9.69. The minimum Gasteiger partial charge on any atom is -0.171 e. The van der Waals surface area contributed by atoms with Gasteiger partial charge < -0.3 is 0 Å². The van der Waals surface area contributed by atoms with Crippen LogP contribution >= 0.6 is 0 Å². The summed E-state index contributed by atoms with van der Waals surface area (Å²) in [7, 11) is 1.86. The van der Waals surface area contributed by atoms with Gasteiger partial charge in [-0.1, -0.05) is 50.2 Å². The number of para-hydroxylation sites is 1. The van der Waals surface area contributed by atoms with Gasteiger partial charge in [0, 0.05) is 5.41 Å². The summed E-state index contributed by atoms with van der Waals surface area (Å²) in [4.78, 5) is 4.82. The van der Waals surface area contributed by atoms with Gasteiger partial charge in [-0.15, -0.1) is 9.36 Å². The first-order chi connectivity index (χ1) is 13.5. The number of fused-ring (bicyclic) bond motifs is 3. The van der Waals surface area contributed by atoms with E-state index in [-0.39, 0.29) is 0 Å². The third kappa shape index (κ3) is 2.80. The van der Waals surface area contributed by atoms with Gasteiger partial charge in [-0.05, 0) is 42.1 Å². The summed E-state index contributed by atoms with van der Waals surface area (Å²) in [5, 5.41) is 0. The quantitative estimate of drug-likeness (QED) is 0.544. The smallest absolute Gasteiger partial charge is 0.171 e. The first-order valence-corrected chi connectivity index (χ1v) is 9.69. The topological polar surface area (TPSA) is 21.7 Å². The summed E-state index contributed by atoms with van der Waals surface area (Å²) < 4.78 is 45.0. The lowest BCUT2D eigenvalue weighted by Crippen LogP contribution is -2.54. The molecular formula is C23H25F3N3+. The number of halogens is 3. The molecule has 0 fully saturated rings. The van der Waals surface area contributed by atoms with E-state index in [2.05, 4.69) is 0 Å². The second kappa shape index (κ2) is 6.18. The predicted molar refractivity (Wildman–Crippen MR) is 106 cm³/mol. The third-order valence-corrected chi connectivity index (χ3v) is 6.60. The predicted octanol–water partition coefficient (Wildman–Crippen LogP) is 5.17. The summed E-state index contributed by atoms with van der Waals surface area (Å²) in [6, 6.07) is 15.4. The molecule has 1 aliphatic heterocycles. The Morgan fingerprint density at radius 1 is 1.00 bits per heavy atom. The Bertz CT molecular complexity index is 1080. The van der Waals surface area contributed by atoms with Gasteiger partial charge in [-0.2, -0.15) is 13.2 Å². The molecule has 0 bridgehead atoms. The molecular weight excluding hydrogens is 375 g/mol. The van der Waals surface area contributed by atoms with Crippen LogP contribution < -0.4 is 4.68 Å². The monoisotopic (exact) mass is 400 g/mol. The van der Waals surface area contributed by atoms with E-state index >= 15 is 0 Å². The molecule has 0 radical (unpaired) electrons. The first kappa shape index (κ1) is 19.7. The molecule has 4 rings (SSSR count). The highest BCUT2D eigenvalue weighted by Crippen LogP contribution is 2.54. The van der Waals surface area contributed by atoms with Crippen LogP contribution in [0.2, 0.25) is 0 Å². The van der Waals surface area contributed by atoms with Crippen LogP contribution in [0.1, 0.15) is 44.1 Å². The molecule has 6 heteroatoms. The van der Waals surface area contributed by atoms with Crippen molar-refractivity contribution in [3.05, 3.63) is 65.5 Å². The van der Waals surface area contributed by atoms with Crippen LogP contribution in [0.4, 0.5) is 13.2 Å². The van der Waals surface area contributed by atoms with Crippen molar-refractivity contribution in [1.82, 2.24) is 9.67 Å². The van der Waals surface area contributed by atoms with E-state index in [4.69, 9.17) is 4.98 Å². The van der Waals surface area contributed by atoms with Gasteiger partial charge in [0.25, 0.3) is 5.82 Å². The number of nitrogens with zero attached hydrogens (tertiary/aromatic N) is 3. The zero-order valence-corrected chi connectivity index (χ0v) is 17.3. The van der Waals surface area contributed by atoms with Crippen molar-refractivity contribution in [2.24, 2.45) is 7.05 Å². The van der Waals surface area contributed by atoms with E-state index in [0.717, 1.165) is 22.4 Å². The standard InChI is InChI=1S/C23H25F3N3/c1-15-10-9-13-17-18(15)29-20(22(4,21(17,2)3)14-23(24,25)26)27-19(28(29)5)16-11-7-6-8-12-16/h6-13H,14H2,1-5H3/q+1. The Kier molecular flexibility index (Phi) is 4.19. The average Bonchev–Trinajstić information content (AvgIpc) is 2.98. The molecule has 1 aliphatic rings. The number of benzene rings is 2.